The maximum Gasteiger partial charge on any atom is 0.229 e. The first-order valence-electron chi connectivity index (χ1n) is 17.4. The van der Waals surface area contributed by atoms with Gasteiger partial charge in [-0.1, -0.05) is 23.7 Å². The Morgan fingerprint density at radius 1 is 0.917 bits per heavy atom. The van der Waals surface area contributed by atoms with E-state index in [1.54, 1.807) is 38.1 Å². The van der Waals surface area contributed by atoms with Gasteiger partial charge in [-0.2, -0.15) is 4.98 Å². The standard InChI is InChI=1S/C36H50ClN7O3S/c1-23(2)47-33-19-29(26-10-14-43(15-11-26)27-12-16-44(17-13-27)28-20-38-21-28)25(5)18-32(33)41-36-39-22-30(37)35(42-36)40-31-8-6-7-9-34(31)48(45,46)24(3)4/h6-9,18-19,22-24,26-28,38H,10-17,20-21H2,1-5H3,(H2,39,40,41,42). The molecule has 3 saturated heterocycles. The van der Waals surface area contributed by atoms with Crippen molar-refractivity contribution in [2.24, 2.45) is 0 Å². The zero-order chi connectivity index (χ0) is 34.0. The van der Waals surface area contributed by atoms with E-state index in [0.717, 1.165) is 56.5 Å². The van der Waals surface area contributed by atoms with Crippen molar-refractivity contribution in [3.05, 3.63) is 58.7 Å². The Morgan fingerprint density at radius 2 is 1.58 bits per heavy atom. The number of piperidine rings is 2. The molecule has 0 bridgehead atoms. The number of aryl methyl sites for hydroxylation is 1. The molecule has 48 heavy (non-hydrogen) atoms. The minimum Gasteiger partial charge on any atom is -0.489 e. The molecule has 6 rings (SSSR count). The minimum atomic E-state index is -3.54. The summed E-state index contributed by atoms with van der Waals surface area (Å²) in [7, 11) is -3.54. The second kappa shape index (κ2) is 14.9. The molecule has 3 aliphatic rings. The highest BCUT2D eigenvalue weighted by Crippen LogP contribution is 2.39. The Balaban J connectivity index is 1.16. The van der Waals surface area contributed by atoms with Gasteiger partial charge in [0.1, 0.15) is 10.8 Å². The monoisotopic (exact) mass is 695 g/mol. The van der Waals surface area contributed by atoms with Crippen molar-refractivity contribution in [1.29, 1.82) is 0 Å². The van der Waals surface area contributed by atoms with Crippen LogP contribution in [0.3, 0.4) is 0 Å². The van der Waals surface area contributed by atoms with E-state index in [4.69, 9.17) is 16.3 Å². The molecule has 12 heteroatoms. The number of nitrogens with zero attached hydrogens (tertiary/aromatic N) is 4. The Hall–Kier alpha value is -2.96. The van der Waals surface area contributed by atoms with E-state index in [1.165, 1.54) is 43.3 Å². The van der Waals surface area contributed by atoms with Crippen LogP contribution in [0.1, 0.15) is 70.4 Å². The van der Waals surface area contributed by atoms with Gasteiger partial charge in [0.05, 0.1) is 33.8 Å². The molecular weight excluding hydrogens is 646 g/mol. The number of likely N-dealkylation sites (tertiary alicyclic amines) is 2. The number of hydrogen-bond acceptors (Lipinski definition) is 10. The summed E-state index contributed by atoms with van der Waals surface area (Å²) in [5, 5.41) is 9.60. The summed E-state index contributed by atoms with van der Waals surface area (Å²) in [6.45, 7) is 16.6. The van der Waals surface area contributed by atoms with Crippen LogP contribution in [0.4, 0.5) is 23.1 Å². The SMILES string of the molecule is Cc1cc(Nc2ncc(Cl)c(Nc3ccccc3S(=O)(=O)C(C)C)n2)c(OC(C)C)cc1C1CCN(C2CCN(C3CNC3)CC2)CC1. The van der Waals surface area contributed by atoms with Gasteiger partial charge in [0.25, 0.3) is 0 Å². The predicted octanol–water partition coefficient (Wildman–Crippen LogP) is 6.51. The summed E-state index contributed by atoms with van der Waals surface area (Å²) in [6, 6.07) is 12.6. The highest BCUT2D eigenvalue weighted by atomic mass is 35.5. The second-order valence-corrected chi connectivity index (χ2v) is 16.9. The van der Waals surface area contributed by atoms with Crippen LogP contribution < -0.4 is 20.7 Å². The quantitative estimate of drug-likeness (QED) is 0.205. The Kier molecular flexibility index (Phi) is 10.8. The first-order chi connectivity index (χ1) is 23.0. The van der Waals surface area contributed by atoms with Gasteiger partial charge in [0.2, 0.25) is 5.95 Å². The summed E-state index contributed by atoms with van der Waals surface area (Å²) < 4.78 is 32.4. The van der Waals surface area contributed by atoms with Crippen LogP contribution in [0.5, 0.6) is 5.75 Å². The molecule has 260 valence electrons. The van der Waals surface area contributed by atoms with E-state index in [0.29, 0.717) is 29.4 Å². The van der Waals surface area contributed by atoms with E-state index in [2.05, 4.69) is 54.8 Å². The number of aromatic nitrogens is 2. The zero-order valence-electron chi connectivity index (χ0n) is 28.8. The summed E-state index contributed by atoms with van der Waals surface area (Å²) in [4.78, 5) is 14.7. The first-order valence-corrected chi connectivity index (χ1v) is 19.3. The van der Waals surface area contributed by atoms with Gasteiger partial charge in [-0.05, 0) is 115 Å². The topological polar surface area (TPSA) is 112 Å². The van der Waals surface area contributed by atoms with E-state index >= 15 is 0 Å². The third kappa shape index (κ3) is 7.75. The number of para-hydroxylation sites is 1. The zero-order valence-corrected chi connectivity index (χ0v) is 30.4. The number of sulfone groups is 1. The fourth-order valence-electron chi connectivity index (χ4n) is 7.15. The maximum atomic E-state index is 13.0. The van der Waals surface area contributed by atoms with Gasteiger partial charge in [-0.15, -0.1) is 0 Å². The molecule has 0 radical (unpaired) electrons. The molecule has 0 amide bonds. The molecule has 1 aromatic heterocycles. The number of hydrogen-bond donors (Lipinski definition) is 3. The smallest absolute Gasteiger partial charge is 0.229 e. The number of ether oxygens (including phenoxy) is 1. The molecule has 0 atom stereocenters. The number of anilines is 4. The molecule has 3 N–H and O–H groups in total. The van der Waals surface area contributed by atoms with Crippen molar-refractivity contribution in [1.82, 2.24) is 25.1 Å². The Morgan fingerprint density at radius 3 is 2.23 bits per heavy atom. The van der Waals surface area contributed by atoms with E-state index in [1.807, 2.05) is 13.8 Å². The average Bonchev–Trinajstić information content (AvgIpc) is 3.03. The van der Waals surface area contributed by atoms with Gasteiger partial charge in [0, 0.05) is 38.3 Å². The fourth-order valence-corrected chi connectivity index (χ4v) is 8.49. The molecule has 0 aliphatic carbocycles. The molecule has 10 nitrogen and oxygen atoms in total. The first kappa shape index (κ1) is 34.9. The minimum absolute atomic E-state index is 0.0210. The van der Waals surface area contributed by atoms with Crippen molar-refractivity contribution < 1.29 is 13.2 Å². The van der Waals surface area contributed by atoms with Crippen LogP contribution in [-0.2, 0) is 9.84 Å². The number of benzene rings is 2. The predicted molar refractivity (Wildman–Crippen MR) is 194 cm³/mol. The van der Waals surface area contributed by atoms with Crippen LogP contribution >= 0.6 is 11.6 Å². The van der Waals surface area contributed by atoms with Crippen molar-refractivity contribution in [2.75, 3.05) is 49.9 Å². The molecule has 3 aromatic rings. The average molecular weight is 696 g/mol. The second-order valence-electron chi connectivity index (χ2n) is 14.0. The number of halogens is 1. The summed E-state index contributed by atoms with van der Waals surface area (Å²) >= 11 is 6.50. The summed E-state index contributed by atoms with van der Waals surface area (Å²) in [5.74, 6) is 1.86. The van der Waals surface area contributed by atoms with Crippen molar-refractivity contribution >= 4 is 44.6 Å². The lowest BCUT2D eigenvalue weighted by Crippen LogP contribution is -2.60. The lowest BCUT2D eigenvalue weighted by atomic mass is 9.85. The maximum absolute atomic E-state index is 13.0. The largest absolute Gasteiger partial charge is 0.489 e. The van der Waals surface area contributed by atoms with Crippen LogP contribution in [0.25, 0.3) is 0 Å². The van der Waals surface area contributed by atoms with Crippen molar-refractivity contribution in [3.63, 3.8) is 0 Å². The fraction of sp³-hybridized carbons (Fsp3) is 0.556. The van der Waals surface area contributed by atoms with Crippen LogP contribution in [0.15, 0.2) is 47.5 Å². The number of rotatable bonds is 11. The highest BCUT2D eigenvalue weighted by molar-refractivity contribution is 7.92. The summed E-state index contributed by atoms with van der Waals surface area (Å²) in [6.07, 6.45) is 6.33. The van der Waals surface area contributed by atoms with E-state index in [-0.39, 0.29) is 16.0 Å². The summed E-state index contributed by atoms with van der Waals surface area (Å²) in [5.41, 5.74) is 3.72. The number of nitrogens with one attached hydrogen (secondary N) is 3. The van der Waals surface area contributed by atoms with E-state index in [9.17, 15) is 8.42 Å². The van der Waals surface area contributed by atoms with Crippen molar-refractivity contribution in [2.45, 2.75) is 94.6 Å². The van der Waals surface area contributed by atoms with Crippen LogP contribution in [-0.4, -0.2) is 90.9 Å². The van der Waals surface area contributed by atoms with E-state index < -0.39 is 15.1 Å². The molecule has 3 fully saturated rings. The van der Waals surface area contributed by atoms with Gasteiger partial charge in [-0.25, -0.2) is 13.4 Å². The molecule has 2 aromatic carbocycles. The molecule has 4 heterocycles. The lowest BCUT2D eigenvalue weighted by Gasteiger charge is -2.46. The molecule has 0 unspecified atom stereocenters. The highest BCUT2D eigenvalue weighted by Gasteiger charge is 2.33. The Bertz CT molecular complexity index is 1680. The van der Waals surface area contributed by atoms with Gasteiger partial charge in [0.15, 0.2) is 15.7 Å². The third-order valence-electron chi connectivity index (χ3n) is 10.0. The molecular formula is C36H50ClN7O3S. The Labute approximate surface area is 290 Å². The molecule has 3 aliphatic heterocycles. The van der Waals surface area contributed by atoms with Crippen LogP contribution in [0, 0.1) is 6.92 Å². The normalized spacial score (nSPS) is 19.1. The van der Waals surface area contributed by atoms with Gasteiger partial charge in [-0.3, -0.25) is 4.90 Å². The third-order valence-corrected chi connectivity index (χ3v) is 12.5. The van der Waals surface area contributed by atoms with Crippen molar-refractivity contribution in [3.8, 4) is 5.75 Å². The molecule has 0 spiro atoms. The lowest BCUT2D eigenvalue weighted by molar-refractivity contribution is 0.0545. The van der Waals surface area contributed by atoms with Gasteiger partial charge >= 0.3 is 0 Å². The van der Waals surface area contributed by atoms with Crippen LogP contribution in [0.2, 0.25) is 5.02 Å². The molecule has 0 saturated carbocycles. The van der Waals surface area contributed by atoms with Gasteiger partial charge < -0.3 is 25.6 Å².